The molecule has 2 aromatic rings. The molecule has 0 radical (unpaired) electrons. The fourth-order valence-corrected chi connectivity index (χ4v) is 2.46. The number of thioether (sulfide) groups is 1. The highest BCUT2D eigenvalue weighted by Gasteiger charge is 1.99. The largest absolute Gasteiger partial charge is 0.493 e. The number of hydrogen-bond acceptors (Lipinski definition) is 3. The first-order chi connectivity index (χ1) is 9.25. The maximum absolute atomic E-state index is 5.81. The molecular formula is C16H19NOS. The van der Waals surface area contributed by atoms with Crippen LogP contribution in [0.1, 0.15) is 18.5 Å². The molecule has 0 saturated heterocycles. The first-order valence-corrected chi connectivity index (χ1v) is 7.40. The van der Waals surface area contributed by atoms with E-state index in [0.717, 1.165) is 17.1 Å². The normalized spacial score (nSPS) is 12.1. The van der Waals surface area contributed by atoms with Gasteiger partial charge in [0.25, 0.3) is 0 Å². The number of ether oxygens (including phenoxy) is 1. The van der Waals surface area contributed by atoms with Gasteiger partial charge in [0, 0.05) is 16.7 Å². The van der Waals surface area contributed by atoms with E-state index in [0.29, 0.717) is 6.61 Å². The lowest BCUT2D eigenvalue weighted by Gasteiger charge is -2.08. The number of benzene rings is 2. The van der Waals surface area contributed by atoms with Crippen molar-refractivity contribution in [2.45, 2.75) is 17.9 Å². The summed E-state index contributed by atoms with van der Waals surface area (Å²) in [5, 5.41) is 0. The van der Waals surface area contributed by atoms with Gasteiger partial charge in [-0.15, -0.1) is 11.8 Å². The van der Waals surface area contributed by atoms with Crippen LogP contribution in [0.5, 0.6) is 5.75 Å². The van der Waals surface area contributed by atoms with Crippen LogP contribution in [0.4, 0.5) is 0 Å². The first kappa shape index (κ1) is 14.0. The van der Waals surface area contributed by atoms with Crippen LogP contribution in [0, 0.1) is 0 Å². The van der Waals surface area contributed by atoms with Crippen molar-refractivity contribution in [3.8, 4) is 5.75 Å². The fraction of sp³-hybridized carbons (Fsp3) is 0.250. The summed E-state index contributed by atoms with van der Waals surface area (Å²) in [5.74, 6) is 1.84. The van der Waals surface area contributed by atoms with Gasteiger partial charge in [-0.2, -0.15) is 0 Å². The van der Waals surface area contributed by atoms with Crippen LogP contribution in [-0.2, 0) is 0 Å². The Labute approximate surface area is 119 Å². The highest BCUT2D eigenvalue weighted by atomic mass is 32.2. The van der Waals surface area contributed by atoms with Crippen molar-refractivity contribution in [1.29, 1.82) is 0 Å². The van der Waals surface area contributed by atoms with Crippen LogP contribution in [0.2, 0.25) is 0 Å². The Kier molecular flexibility index (Phi) is 5.31. The Bertz CT molecular complexity index is 482. The third-order valence-corrected chi connectivity index (χ3v) is 3.75. The Morgan fingerprint density at radius 2 is 1.74 bits per heavy atom. The van der Waals surface area contributed by atoms with Crippen molar-refractivity contribution in [2.75, 3.05) is 12.4 Å². The standard InChI is InChI=1S/C16H19NOS/c1-13(17)14-7-9-15(10-8-14)18-11-12-19-16-5-3-2-4-6-16/h2-10,13H,11-12,17H2,1H3. The van der Waals surface area contributed by atoms with E-state index >= 15 is 0 Å². The SMILES string of the molecule is CC(N)c1ccc(OCCSc2ccccc2)cc1. The summed E-state index contributed by atoms with van der Waals surface area (Å²) in [6.07, 6.45) is 0. The maximum atomic E-state index is 5.81. The Hall–Kier alpha value is -1.45. The molecular weight excluding hydrogens is 254 g/mol. The van der Waals surface area contributed by atoms with Crippen LogP contribution in [0.15, 0.2) is 59.5 Å². The second-order valence-electron chi connectivity index (χ2n) is 4.37. The predicted octanol–water partition coefficient (Wildman–Crippen LogP) is 3.88. The van der Waals surface area contributed by atoms with Crippen LogP contribution in [0.25, 0.3) is 0 Å². The lowest BCUT2D eigenvalue weighted by Crippen LogP contribution is -2.05. The summed E-state index contributed by atoms with van der Waals surface area (Å²) in [6.45, 7) is 2.68. The van der Waals surface area contributed by atoms with Gasteiger partial charge in [0.2, 0.25) is 0 Å². The average molecular weight is 273 g/mol. The van der Waals surface area contributed by atoms with Gasteiger partial charge in [0.05, 0.1) is 6.61 Å². The van der Waals surface area contributed by atoms with Crippen molar-refractivity contribution in [2.24, 2.45) is 5.73 Å². The molecule has 0 fully saturated rings. The quantitative estimate of drug-likeness (QED) is 0.641. The molecule has 2 N–H and O–H groups in total. The van der Waals surface area contributed by atoms with E-state index in [2.05, 4.69) is 24.3 Å². The number of nitrogens with two attached hydrogens (primary N) is 1. The zero-order chi connectivity index (χ0) is 13.5. The van der Waals surface area contributed by atoms with Crippen molar-refractivity contribution in [3.63, 3.8) is 0 Å². The molecule has 0 spiro atoms. The molecule has 3 heteroatoms. The minimum absolute atomic E-state index is 0.0719. The highest BCUT2D eigenvalue weighted by Crippen LogP contribution is 2.19. The van der Waals surface area contributed by atoms with Crippen molar-refractivity contribution < 1.29 is 4.74 Å². The molecule has 0 bridgehead atoms. The predicted molar refractivity (Wildman–Crippen MR) is 81.7 cm³/mol. The molecule has 100 valence electrons. The van der Waals surface area contributed by atoms with Crippen LogP contribution < -0.4 is 10.5 Å². The van der Waals surface area contributed by atoms with Gasteiger partial charge >= 0.3 is 0 Å². The summed E-state index contributed by atoms with van der Waals surface area (Å²) in [6, 6.07) is 18.4. The topological polar surface area (TPSA) is 35.2 Å². The third-order valence-electron chi connectivity index (χ3n) is 2.77. The van der Waals surface area contributed by atoms with Gasteiger partial charge < -0.3 is 10.5 Å². The first-order valence-electron chi connectivity index (χ1n) is 6.42. The van der Waals surface area contributed by atoms with Crippen LogP contribution in [-0.4, -0.2) is 12.4 Å². The maximum Gasteiger partial charge on any atom is 0.119 e. The molecule has 1 atom stereocenters. The van der Waals surface area contributed by atoms with Crippen molar-refractivity contribution in [3.05, 3.63) is 60.2 Å². The van der Waals surface area contributed by atoms with Gasteiger partial charge in [-0.1, -0.05) is 30.3 Å². The van der Waals surface area contributed by atoms with E-state index in [1.807, 2.05) is 37.3 Å². The minimum atomic E-state index is 0.0719. The van der Waals surface area contributed by atoms with Gasteiger partial charge in [-0.05, 0) is 36.8 Å². The number of hydrogen-bond donors (Lipinski definition) is 1. The lowest BCUT2D eigenvalue weighted by atomic mass is 10.1. The Morgan fingerprint density at radius 3 is 2.37 bits per heavy atom. The third kappa shape index (κ3) is 4.62. The van der Waals surface area contributed by atoms with Gasteiger partial charge in [0.1, 0.15) is 5.75 Å². The van der Waals surface area contributed by atoms with E-state index in [-0.39, 0.29) is 6.04 Å². The fourth-order valence-electron chi connectivity index (χ4n) is 1.70. The highest BCUT2D eigenvalue weighted by molar-refractivity contribution is 7.99. The minimum Gasteiger partial charge on any atom is -0.493 e. The van der Waals surface area contributed by atoms with Gasteiger partial charge in [-0.25, -0.2) is 0 Å². The van der Waals surface area contributed by atoms with Crippen molar-refractivity contribution in [1.82, 2.24) is 0 Å². The van der Waals surface area contributed by atoms with Crippen LogP contribution >= 0.6 is 11.8 Å². The number of rotatable bonds is 6. The second kappa shape index (κ2) is 7.22. The molecule has 0 aromatic heterocycles. The molecule has 0 aliphatic heterocycles. The summed E-state index contributed by atoms with van der Waals surface area (Å²) in [5.41, 5.74) is 6.94. The summed E-state index contributed by atoms with van der Waals surface area (Å²) < 4.78 is 5.70. The molecule has 19 heavy (non-hydrogen) atoms. The molecule has 0 aliphatic rings. The molecule has 0 saturated carbocycles. The average Bonchev–Trinajstić information content (AvgIpc) is 2.45. The van der Waals surface area contributed by atoms with Crippen molar-refractivity contribution >= 4 is 11.8 Å². The Balaban J connectivity index is 1.74. The summed E-state index contributed by atoms with van der Waals surface area (Å²) in [4.78, 5) is 1.28. The van der Waals surface area contributed by atoms with Gasteiger partial charge in [0.15, 0.2) is 0 Å². The van der Waals surface area contributed by atoms with E-state index < -0.39 is 0 Å². The molecule has 0 aliphatic carbocycles. The van der Waals surface area contributed by atoms with E-state index in [1.165, 1.54) is 4.90 Å². The van der Waals surface area contributed by atoms with E-state index in [4.69, 9.17) is 10.5 Å². The molecule has 0 heterocycles. The van der Waals surface area contributed by atoms with E-state index in [9.17, 15) is 0 Å². The van der Waals surface area contributed by atoms with Gasteiger partial charge in [-0.3, -0.25) is 0 Å². The lowest BCUT2D eigenvalue weighted by molar-refractivity contribution is 0.344. The smallest absolute Gasteiger partial charge is 0.119 e. The zero-order valence-corrected chi connectivity index (χ0v) is 11.9. The second-order valence-corrected chi connectivity index (χ2v) is 5.54. The summed E-state index contributed by atoms with van der Waals surface area (Å²) >= 11 is 1.80. The molecule has 2 aromatic carbocycles. The van der Waals surface area contributed by atoms with E-state index in [1.54, 1.807) is 11.8 Å². The molecule has 2 nitrogen and oxygen atoms in total. The summed E-state index contributed by atoms with van der Waals surface area (Å²) in [7, 11) is 0. The molecule has 0 amide bonds. The molecule has 2 rings (SSSR count). The monoisotopic (exact) mass is 273 g/mol. The Morgan fingerprint density at radius 1 is 1.05 bits per heavy atom. The molecule has 1 unspecified atom stereocenters. The zero-order valence-electron chi connectivity index (χ0n) is 11.1. The van der Waals surface area contributed by atoms with Crippen LogP contribution in [0.3, 0.4) is 0 Å².